The van der Waals surface area contributed by atoms with Gasteiger partial charge in [0, 0.05) is 13.7 Å². The van der Waals surface area contributed by atoms with Gasteiger partial charge in [-0.1, -0.05) is 6.42 Å². The van der Waals surface area contributed by atoms with Crippen LogP contribution in [-0.4, -0.2) is 41.0 Å². The maximum absolute atomic E-state index is 11.8. The van der Waals surface area contributed by atoms with Crippen LogP contribution in [0.2, 0.25) is 6.04 Å². The van der Waals surface area contributed by atoms with Crippen LogP contribution in [0.1, 0.15) is 33.6 Å². The Balaban J connectivity index is 2.57. The molecule has 0 aliphatic carbocycles. The van der Waals surface area contributed by atoms with Gasteiger partial charge >= 0.3 is 11.9 Å². The first-order chi connectivity index (χ1) is 8.94. The maximum Gasteiger partial charge on any atom is 0.320 e. The van der Waals surface area contributed by atoms with E-state index in [0.29, 0.717) is 6.42 Å². The molecule has 6 heteroatoms. The zero-order valence-corrected chi connectivity index (χ0v) is 13.6. The van der Waals surface area contributed by atoms with Crippen LogP contribution < -0.4 is 0 Å². The largest absolute Gasteiger partial charge is 0.424 e. The summed E-state index contributed by atoms with van der Waals surface area (Å²) in [6.45, 7) is 6.38. The number of carbonyl (C=O) groups is 2. The lowest BCUT2D eigenvalue weighted by molar-refractivity contribution is -0.156. The van der Waals surface area contributed by atoms with Gasteiger partial charge in [0.15, 0.2) is 9.76 Å². The average Bonchev–Trinajstić information content (AvgIpc) is 2.64. The van der Waals surface area contributed by atoms with Crippen molar-refractivity contribution in [3.05, 3.63) is 0 Å². The van der Waals surface area contributed by atoms with Gasteiger partial charge < -0.3 is 13.9 Å². The second kappa shape index (κ2) is 7.16. The zero-order chi connectivity index (χ0) is 14.5. The summed E-state index contributed by atoms with van der Waals surface area (Å²) < 4.78 is 15.5. The highest BCUT2D eigenvalue weighted by atomic mass is 28.2. The second-order valence-corrected chi connectivity index (χ2v) is 6.85. The molecule has 1 fully saturated rings. The van der Waals surface area contributed by atoms with Crippen LogP contribution in [0.25, 0.3) is 0 Å². The number of methoxy groups -OCH3 is 1. The molecule has 0 N–H and O–H groups in total. The zero-order valence-electron chi connectivity index (χ0n) is 12.2. The molecule has 0 bridgehead atoms. The molecule has 0 spiro atoms. The standard InChI is InChI=1S/C13H24O5Si/c1-5-17-19-8-6-7-9-10(13(2,3)16-4)12(15)18-11(9)14/h9-10H,5-8,19H2,1-4H3. The molecule has 1 rings (SSSR count). The highest BCUT2D eigenvalue weighted by Gasteiger charge is 2.51. The van der Waals surface area contributed by atoms with Crippen LogP contribution in [0.5, 0.6) is 0 Å². The number of hydrogen-bond donors (Lipinski definition) is 0. The summed E-state index contributed by atoms with van der Waals surface area (Å²) >= 11 is 0. The SMILES string of the molecule is CCO[SiH2]CCCC1C(=O)OC(=O)C1C(C)(C)OC. The van der Waals surface area contributed by atoms with Crippen LogP contribution >= 0.6 is 0 Å². The predicted molar refractivity (Wildman–Crippen MR) is 73.4 cm³/mol. The smallest absolute Gasteiger partial charge is 0.320 e. The summed E-state index contributed by atoms with van der Waals surface area (Å²) in [6, 6.07) is 1.02. The first-order valence-corrected chi connectivity index (χ1v) is 8.40. The lowest BCUT2D eigenvalue weighted by Gasteiger charge is -2.30. The van der Waals surface area contributed by atoms with E-state index in [1.165, 1.54) is 0 Å². The third-order valence-corrected chi connectivity index (χ3v) is 5.18. The topological polar surface area (TPSA) is 61.8 Å². The van der Waals surface area contributed by atoms with Crippen molar-refractivity contribution < 1.29 is 23.5 Å². The van der Waals surface area contributed by atoms with Crippen molar-refractivity contribution in [2.75, 3.05) is 13.7 Å². The monoisotopic (exact) mass is 288 g/mol. The highest BCUT2D eigenvalue weighted by Crippen LogP contribution is 2.37. The number of carbonyl (C=O) groups excluding carboxylic acids is 2. The molecule has 5 nitrogen and oxygen atoms in total. The van der Waals surface area contributed by atoms with Crippen LogP contribution in [-0.2, 0) is 23.5 Å². The minimum Gasteiger partial charge on any atom is -0.424 e. The van der Waals surface area contributed by atoms with Crippen molar-refractivity contribution >= 4 is 21.7 Å². The third kappa shape index (κ3) is 4.12. The van der Waals surface area contributed by atoms with Gasteiger partial charge in [-0.3, -0.25) is 9.59 Å². The van der Waals surface area contributed by atoms with Crippen LogP contribution in [0, 0.1) is 11.8 Å². The van der Waals surface area contributed by atoms with Crippen molar-refractivity contribution in [1.82, 2.24) is 0 Å². The lowest BCUT2D eigenvalue weighted by atomic mass is 9.79. The van der Waals surface area contributed by atoms with Gasteiger partial charge in [-0.05, 0) is 33.2 Å². The van der Waals surface area contributed by atoms with Gasteiger partial charge in [0.2, 0.25) is 0 Å². The molecule has 1 aliphatic heterocycles. The molecule has 19 heavy (non-hydrogen) atoms. The van der Waals surface area contributed by atoms with E-state index in [1.807, 2.05) is 20.8 Å². The van der Waals surface area contributed by atoms with E-state index in [9.17, 15) is 9.59 Å². The summed E-state index contributed by atoms with van der Waals surface area (Å²) in [5.41, 5.74) is -0.675. The molecule has 0 amide bonds. The van der Waals surface area contributed by atoms with Gasteiger partial charge in [0.1, 0.15) is 0 Å². The van der Waals surface area contributed by atoms with Gasteiger partial charge in [-0.15, -0.1) is 0 Å². The number of rotatable bonds is 8. The van der Waals surface area contributed by atoms with Crippen molar-refractivity contribution in [2.45, 2.75) is 45.3 Å². The van der Waals surface area contributed by atoms with Gasteiger partial charge in [-0.2, -0.15) is 0 Å². The van der Waals surface area contributed by atoms with E-state index < -0.39 is 33.2 Å². The Hall–Kier alpha value is -0.723. The summed E-state index contributed by atoms with van der Waals surface area (Å²) in [6.07, 6.45) is 1.57. The van der Waals surface area contributed by atoms with Gasteiger partial charge in [0.05, 0.1) is 17.4 Å². The summed E-state index contributed by atoms with van der Waals surface area (Å²) in [5.74, 6) is -1.74. The Morgan fingerprint density at radius 3 is 2.58 bits per heavy atom. The summed E-state index contributed by atoms with van der Waals surface area (Å²) in [5, 5.41) is 0. The molecule has 1 heterocycles. The quantitative estimate of drug-likeness (QED) is 0.289. The molecule has 2 unspecified atom stereocenters. The Morgan fingerprint density at radius 1 is 1.32 bits per heavy atom. The number of esters is 2. The third-order valence-electron chi connectivity index (χ3n) is 3.69. The molecule has 2 atom stereocenters. The van der Waals surface area contributed by atoms with E-state index in [4.69, 9.17) is 13.9 Å². The molecule has 0 saturated carbocycles. The molecule has 0 aromatic heterocycles. The fourth-order valence-electron chi connectivity index (χ4n) is 2.43. The van der Waals surface area contributed by atoms with E-state index in [2.05, 4.69) is 0 Å². The fraction of sp³-hybridized carbons (Fsp3) is 0.846. The Bertz CT molecular complexity index is 329. The lowest BCUT2D eigenvalue weighted by Crippen LogP contribution is -2.40. The van der Waals surface area contributed by atoms with Crippen LogP contribution in [0.4, 0.5) is 0 Å². The molecule has 1 aliphatic rings. The van der Waals surface area contributed by atoms with E-state index >= 15 is 0 Å². The Kier molecular flexibility index (Phi) is 6.16. The van der Waals surface area contributed by atoms with Crippen molar-refractivity contribution in [3.8, 4) is 0 Å². The molecular formula is C13H24O5Si. The molecular weight excluding hydrogens is 264 g/mol. The highest BCUT2D eigenvalue weighted by molar-refractivity contribution is 6.26. The van der Waals surface area contributed by atoms with E-state index in [-0.39, 0.29) is 5.92 Å². The Morgan fingerprint density at radius 2 is 2.00 bits per heavy atom. The number of hydrogen-bond acceptors (Lipinski definition) is 5. The average molecular weight is 288 g/mol. The Labute approximate surface area is 116 Å². The predicted octanol–water partition coefficient (Wildman–Crippen LogP) is 1.05. The van der Waals surface area contributed by atoms with Crippen molar-refractivity contribution in [3.63, 3.8) is 0 Å². The number of ether oxygens (including phenoxy) is 2. The summed E-state index contributed by atoms with van der Waals surface area (Å²) in [7, 11) is 1.07. The van der Waals surface area contributed by atoms with Crippen LogP contribution in [0.3, 0.4) is 0 Å². The molecule has 0 radical (unpaired) electrons. The minimum absolute atomic E-state index is 0.377. The molecule has 1 saturated heterocycles. The van der Waals surface area contributed by atoms with E-state index in [0.717, 1.165) is 19.1 Å². The molecule has 0 aromatic carbocycles. The first-order valence-electron chi connectivity index (χ1n) is 6.82. The number of cyclic esters (lactones) is 2. The maximum atomic E-state index is 11.8. The van der Waals surface area contributed by atoms with Crippen LogP contribution in [0.15, 0.2) is 0 Å². The summed E-state index contributed by atoms with van der Waals surface area (Å²) in [4.78, 5) is 23.6. The molecule has 110 valence electrons. The first kappa shape index (κ1) is 16.3. The molecule has 0 aromatic rings. The van der Waals surface area contributed by atoms with Crippen molar-refractivity contribution in [1.29, 1.82) is 0 Å². The normalized spacial score (nSPS) is 24.4. The second-order valence-electron chi connectivity index (χ2n) is 5.32. The van der Waals surface area contributed by atoms with Crippen molar-refractivity contribution in [2.24, 2.45) is 11.8 Å². The van der Waals surface area contributed by atoms with E-state index in [1.54, 1.807) is 7.11 Å². The fourth-order valence-corrected chi connectivity index (χ4v) is 3.42. The van der Waals surface area contributed by atoms with Gasteiger partial charge in [0.25, 0.3) is 0 Å². The van der Waals surface area contributed by atoms with Gasteiger partial charge in [-0.25, -0.2) is 0 Å². The minimum atomic E-state index is -0.675.